The molecule has 0 radical (unpaired) electrons. The van der Waals surface area contributed by atoms with Crippen LogP contribution in [0.3, 0.4) is 0 Å². The monoisotopic (exact) mass is 191 g/mol. The Bertz CT molecular complexity index is 335. The zero-order chi connectivity index (χ0) is 10.1. The van der Waals surface area contributed by atoms with Crippen LogP contribution in [0.5, 0.6) is 0 Å². The summed E-state index contributed by atoms with van der Waals surface area (Å²) in [6.07, 6.45) is 1.17. The standard InChI is InChI=1S/C12H17NO/c1-3-11-12(13)10-6-8(2)4-5-9(10)7-14-11/h4-6,11-12H,3,7,13H2,1-2H3/t11-,12?/m0/s1. The van der Waals surface area contributed by atoms with E-state index >= 15 is 0 Å². The van der Waals surface area contributed by atoms with Gasteiger partial charge in [-0.25, -0.2) is 0 Å². The molecule has 1 aromatic rings. The van der Waals surface area contributed by atoms with Crippen LogP contribution in [0, 0.1) is 6.92 Å². The fourth-order valence-corrected chi connectivity index (χ4v) is 2.03. The summed E-state index contributed by atoms with van der Waals surface area (Å²) in [6.45, 7) is 4.93. The summed E-state index contributed by atoms with van der Waals surface area (Å²) in [5, 5.41) is 0. The van der Waals surface area contributed by atoms with Crippen molar-refractivity contribution in [2.24, 2.45) is 5.73 Å². The van der Waals surface area contributed by atoms with E-state index in [2.05, 4.69) is 32.0 Å². The van der Waals surface area contributed by atoms with Gasteiger partial charge in [0, 0.05) is 0 Å². The fourth-order valence-electron chi connectivity index (χ4n) is 2.03. The van der Waals surface area contributed by atoms with Crippen molar-refractivity contribution in [3.63, 3.8) is 0 Å². The second-order valence-corrected chi connectivity index (χ2v) is 3.99. The molecule has 0 aliphatic carbocycles. The summed E-state index contributed by atoms with van der Waals surface area (Å²) in [5.41, 5.74) is 9.93. The zero-order valence-electron chi connectivity index (χ0n) is 8.79. The predicted octanol–water partition coefficient (Wildman–Crippen LogP) is 2.30. The Morgan fingerprint density at radius 2 is 2.29 bits per heavy atom. The molecule has 0 bridgehead atoms. The smallest absolute Gasteiger partial charge is 0.0769 e. The Hall–Kier alpha value is -0.860. The lowest BCUT2D eigenvalue weighted by Crippen LogP contribution is -2.33. The highest BCUT2D eigenvalue weighted by molar-refractivity contribution is 5.35. The molecule has 2 nitrogen and oxygen atoms in total. The van der Waals surface area contributed by atoms with E-state index in [1.807, 2.05) is 0 Å². The summed E-state index contributed by atoms with van der Waals surface area (Å²) < 4.78 is 5.68. The van der Waals surface area contributed by atoms with Crippen molar-refractivity contribution < 1.29 is 4.74 Å². The summed E-state index contributed by atoms with van der Waals surface area (Å²) in [7, 11) is 0. The number of hydrogen-bond acceptors (Lipinski definition) is 2. The van der Waals surface area contributed by atoms with Gasteiger partial charge in [0.25, 0.3) is 0 Å². The van der Waals surface area contributed by atoms with Gasteiger partial charge in [0.2, 0.25) is 0 Å². The fraction of sp³-hybridized carbons (Fsp3) is 0.500. The van der Waals surface area contributed by atoms with Crippen molar-refractivity contribution in [3.8, 4) is 0 Å². The van der Waals surface area contributed by atoms with Crippen LogP contribution >= 0.6 is 0 Å². The van der Waals surface area contributed by atoms with Crippen LogP contribution < -0.4 is 5.73 Å². The Morgan fingerprint density at radius 1 is 1.50 bits per heavy atom. The van der Waals surface area contributed by atoms with Crippen molar-refractivity contribution in [1.29, 1.82) is 0 Å². The molecule has 2 N–H and O–H groups in total. The topological polar surface area (TPSA) is 35.2 Å². The SMILES string of the molecule is CC[C@@H]1OCc2ccc(C)cc2C1N. The zero-order valence-corrected chi connectivity index (χ0v) is 8.79. The van der Waals surface area contributed by atoms with Gasteiger partial charge in [-0.15, -0.1) is 0 Å². The van der Waals surface area contributed by atoms with Gasteiger partial charge in [0.15, 0.2) is 0 Å². The van der Waals surface area contributed by atoms with Crippen molar-refractivity contribution in [1.82, 2.24) is 0 Å². The minimum absolute atomic E-state index is 0.0450. The molecular formula is C12H17NO. The molecule has 1 aliphatic rings. The molecule has 14 heavy (non-hydrogen) atoms. The Morgan fingerprint density at radius 3 is 3.00 bits per heavy atom. The number of hydrogen-bond donors (Lipinski definition) is 1. The van der Waals surface area contributed by atoms with Gasteiger partial charge in [0.1, 0.15) is 0 Å². The molecule has 1 heterocycles. The largest absolute Gasteiger partial charge is 0.372 e. The lowest BCUT2D eigenvalue weighted by Gasteiger charge is -2.30. The Labute approximate surface area is 85.1 Å². The molecular weight excluding hydrogens is 174 g/mol. The van der Waals surface area contributed by atoms with Gasteiger partial charge < -0.3 is 10.5 Å². The molecule has 76 valence electrons. The van der Waals surface area contributed by atoms with Crippen LogP contribution in [0.1, 0.15) is 36.1 Å². The Kier molecular flexibility index (Phi) is 2.57. The van der Waals surface area contributed by atoms with Crippen molar-refractivity contribution in [2.45, 2.75) is 39.0 Å². The summed E-state index contributed by atoms with van der Waals surface area (Å²) in [5.74, 6) is 0. The molecule has 0 fully saturated rings. The highest BCUT2D eigenvalue weighted by atomic mass is 16.5. The molecule has 2 heteroatoms. The molecule has 1 aliphatic heterocycles. The van der Waals surface area contributed by atoms with Crippen LogP contribution in [0.15, 0.2) is 18.2 Å². The maximum absolute atomic E-state index is 6.14. The summed E-state index contributed by atoms with van der Waals surface area (Å²) in [6, 6.07) is 6.46. The van der Waals surface area contributed by atoms with E-state index in [9.17, 15) is 0 Å². The van der Waals surface area contributed by atoms with Crippen LogP contribution in [-0.2, 0) is 11.3 Å². The van der Waals surface area contributed by atoms with E-state index in [0.29, 0.717) is 6.61 Å². The van der Waals surface area contributed by atoms with Crippen LogP contribution in [-0.4, -0.2) is 6.10 Å². The quantitative estimate of drug-likeness (QED) is 0.739. The first-order chi connectivity index (χ1) is 6.72. The third kappa shape index (κ3) is 1.56. The number of nitrogens with two attached hydrogens (primary N) is 1. The van der Waals surface area contributed by atoms with Crippen LogP contribution in [0.4, 0.5) is 0 Å². The van der Waals surface area contributed by atoms with E-state index in [4.69, 9.17) is 10.5 Å². The molecule has 1 unspecified atom stereocenters. The normalized spacial score (nSPS) is 25.9. The molecule has 1 aromatic carbocycles. The predicted molar refractivity (Wildman–Crippen MR) is 57.0 cm³/mol. The number of rotatable bonds is 1. The minimum Gasteiger partial charge on any atom is -0.372 e. The number of fused-ring (bicyclic) bond motifs is 1. The molecule has 0 spiro atoms. The number of benzene rings is 1. The molecule has 0 saturated carbocycles. The number of aryl methyl sites for hydroxylation is 1. The van der Waals surface area contributed by atoms with Crippen molar-refractivity contribution in [3.05, 3.63) is 34.9 Å². The lowest BCUT2D eigenvalue weighted by atomic mass is 9.92. The van der Waals surface area contributed by atoms with Gasteiger partial charge in [-0.05, 0) is 24.5 Å². The first-order valence-electron chi connectivity index (χ1n) is 5.19. The average molecular weight is 191 g/mol. The summed E-state index contributed by atoms with van der Waals surface area (Å²) >= 11 is 0. The molecule has 2 atom stereocenters. The highest BCUT2D eigenvalue weighted by Crippen LogP contribution is 2.29. The lowest BCUT2D eigenvalue weighted by molar-refractivity contribution is 0.00678. The van der Waals surface area contributed by atoms with Crippen molar-refractivity contribution >= 4 is 0 Å². The van der Waals surface area contributed by atoms with E-state index in [-0.39, 0.29) is 12.1 Å². The van der Waals surface area contributed by atoms with Crippen LogP contribution in [0.25, 0.3) is 0 Å². The molecule has 0 saturated heterocycles. The van der Waals surface area contributed by atoms with Gasteiger partial charge in [-0.1, -0.05) is 30.7 Å². The molecule has 0 aromatic heterocycles. The van der Waals surface area contributed by atoms with E-state index < -0.39 is 0 Å². The third-order valence-corrected chi connectivity index (χ3v) is 2.92. The first-order valence-corrected chi connectivity index (χ1v) is 5.19. The van der Waals surface area contributed by atoms with E-state index in [1.54, 1.807) is 0 Å². The van der Waals surface area contributed by atoms with Gasteiger partial charge >= 0.3 is 0 Å². The second kappa shape index (κ2) is 3.71. The van der Waals surface area contributed by atoms with E-state index in [1.165, 1.54) is 16.7 Å². The van der Waals surface area contributed by atoms with Crippen molar-refractivity contribution in [2.75, 3.05) is 0 Å². The Balaban J connectivity index is 2.38. The van der Waals surface area contributed by atoms with Gasteiger partial charge in [-0.2, -0.15) is 0 Å². The highest BCUT2D eigenvalue weighted by Gasteiger charge is 2.25. The van der Waals surface area contributed by atoms with Crippen LogP contribution in [0.2, 0.25) is 0 Å². The van der Waals surface area contributed by atoms with Gasteiger partial charge in [0.05, 0.1) is 18.8 Å². The second-order valence-electron chi connectivity index (χ2n) is 3.99. The molecule has 2 rings (SSSR count). The molecule has 0 amide bonds. The number of ether oxygens (including phenoxy) is 1. The maximum Gasteiger partial charge on any atom is 0.0769 e. The maximum atomic E-state index is 6.14. The average Bonchev–Trinajstić information content (AvgIpc) is 2.20. The van der Waals surface area contributed by atoms with E-state index in [0.717, 1.165) is 6.42 Å². The minimum atomic E-state index is 0.0450. The first kappa shape index (κ1) is 9.69. The third-order valence-electron chi connectivity index (χ3n) is 2.92. The summed E-state index contributed by atoms with van der Waals surface area (Å²) in [4.78, 5) is 0. The van der Waals surface area contributed by atoms with Gasteiger partial charge in [-0.3, -0.25) is 0 Å².